The summed E-state index contributed by atoms with van der Waals surface area (Å²) in [6.07, 6.45) is 4.73. The Kier molecular flexibility index (Phi) is 4.57. The van der Waals surface area contributed by atoms with Gasteiger partial charge in [-0.25, -0.2) is 4.98 Å². The van der Waals surface area contributed by atoms with Crippen LogP contribution < -0.4 is 0 Å². The van der Waals surface area contributed by atoms with Crippen molar-refractivity contribution in [2.45, 2.75) is 44.6 Å². The molecule has 0 amide bonds. The second kappa shape index (κ2) is 6.42. The second-order valence-corrected chi connectivity index (χ2v) is 7.29. The average molecular weight is 304 g/mol. The number of nitrogens with zero attached hydrogens (tertiary/aromatic N) is 2. The molecule has 3 rings (SSSR count). The zero-order valence-corrected chi connectivity index (χ0v) is 13.5. The number of para-hydroxylation sites is 1. The topological polar surface area (TPSA) is 36.4 Å². The van der Waals surface area contributed by atoms with Crippen LogP contribution in [-0.2, 0) is 6.42 Å². The number of thiazole rings is 1. The summed E-state index contributed by atoms with van der Waals surface area (Å²) in [6, 6.07) is 8.23. The van der Waals surface area contributed by atoms with Crippen LogP contribution >= 0.6 is 11.3 Å². The molecule has 0 spiro atoms. The van der Waals surface area contributed by atoms with Crippen LogP contribution in [0.25, 0.3) is 10.2 Å². The number of rotatable bonds is 4. The van der Waals surface area contributed by atoms with Crippen LogP contribution in [0, 0.1) is 0 Å². The van der Waals surface area contributed by atoms with Crippen molar-refractivity contribution in [2.75, 3.05) is 19.6 Å². The van der Waals surface area contributed by atoms with Crippen molar-refractivity contribution < 1.29 is 5.11 Å². The largest absolute Gasteiger partial charge is 0.389 e. The first-order valence-electron chi connectivity index (χ1n) is 7.98. The van der Waals surface area contributed by atoms with E-state index in [0.29, 0.717) is 6.42 Å². The maximum atomic E-state index is 11.0. The SMILES string of the molecule is CCCN1CCCC(O)(Cc2nc3ccccc3s2)CC1. The summed E-state index contributed by atoms with van der Waals surface area (Å²) in [4.78, 5) is 7.17. The monoisotopic (exact) mass is 304 g/mol. The third kappa shape index (κ3) is 3.62. The first-order chi connectivity index (χ1) is 10.2. The minimum atomic E-state index is -0.573. The van der Waals surface area contributed by atoms with Crippen LogP contribution in [0.1, 0.15) is 37.6 Å². The Balaban J connectivity index is 1.70. The van der Waals surface area contributed by atoms with Crippen LogP contribution in [0.4, 0.5) is 0 Å². The van der Waals surface area contributed by atoms with E-state index in [4.69, 9.17) is 0 Å². The lowest BCUT2D eigenvalue weighted by Crippen LogP contribution is -2.33. The van der Waals surface area contributed by atoms with E-state index in [-0.39, 0.29) is 0 Å². The summed E-state index contributed by atoms with van der Waals surface area (Å²) in [5.41, 5.74) is 0.485. The summed E-state index contributed by atoms with van der Waals surface area (Å²) in [7, 11) is 0. The molecule has 2 aromatic rings. The molecule has 1 saturated heterocycles. The molecule has 1 aliphatic rings. The standard InChI is InChI=1S/C17H24N2OS/c1-2-10-19-11-5-8-17(20,9-12-19)13-16-18-14-6-3-4-7-15(14)21-16/h3-4,6-7,20H,2,5,8-13H2,1H3. The Morgan fingerprint density at radius 2 is 2.14 bits per heavy atom. The van der Waals surface area contributed by atoms with E-state index in [2.05, 4.69) is 28.9 Å². The molecular formula is C17H24N2OS. The molecule has 1 atom stereocenters. The molecule has 0 aliphatic carbocycles. The molecule has 1 aliphatic heterocycles. The Hall–Kier alpha value is -0.970. The van der Waals surface area contributed by atoms with Crippen molar-refractivity contribution >= 4 is 21.6 Å². The molecule has 1 unspecified atom stereocenters. The Labute approximate surface area is 130 Å². The van der Waals surface area contributed by atoms with Gasteiger partial charge in [0.15, 0.2) is 0 Å². The fourth-order valence-electron chi connectivity index (χ4n) is 3.23. The highest BCUT2D eigenvalue weighted by Crippen LogP contribution is 2.30. The lowest BCUT2D eigenvalue weighted by Gasteiger charge is -2.26. The molecule has 2 heterocycles. The molecule has 114 valence electrons. The smallest absolute Gasteiger partial charge is 0.0967 e. The van der Waals surface area contributed by atoms with Crippen LogP contribution in [0.5, 0.6) is 0 Å². The van der Waals surface area contributed by atoms with Crippen LogP contribution in [-0.4, -0.2) is 40.2 Å². The van der Waals surface area contributed by atoms with Gasteiger partial charge in [0.2, 0.25) is 0 Å². The maximum absolute atomic E-state index is 11.0. The average Bonchev–Trinajstić information content (AvgIpc) is 2.77. The summed E-state index contributed by atoms with van der Waals surface area (Å²) < 4.78 is 1.22. The molecule has 0 bridgehead atoms. The lowest BCUT2D eigenvalue weighted by atomic mass is 9.91. The minimum Gasteiger partial charge on any atom is -0.389 e. The van der Waals surface area contributed by atoms with Gasteiger partial charge in [-0.1, -0.05) is 19.1 Å². The fourth-order valence-corrected chi connectivity index (χ4v) is 4.33. The van der Waals surface area contributed by atoms with E-state index in [1.54, 1.807) is 11.3 Å². The van der Waals surface area contributed by atoms with E-state index in [1.165, 1.54) is 11.1 Å². The van der Waals surface area contributed by atoms with Gasteiger partial charge in [-0.05, 0) is 50.9 Å². The number of hydrogen-bond acceptors (Lipinski definition) is 4. The number of fused-ring (bicyclic) bond motifs is 1. The molecular weight excluding hydrogens is 280 g/mol. The third-order valence-corrected chi connectivity index (χ3v) is 5.40. The summed E-state index contributed by atoms with van der Waals surface area (Å²) in [5, 5.41) is 12.0. The van der Waals surface area contributed by atoms with Crippen molar-refractivity contribution in [1.29, 1.82) is 0 Å². The molecule has 0 radical (unpaired) electrons. The zero-order chi connectivity index (χ0) is 14.7. The van der Waals surface area contributed by atoms with Gasteiger partial charge in [0.25, 0.3) is 0 Å². The molecule has 3 nitrogen and oxygen atoms in total. The predicted molar refractivity (Wildman–Crippen MR) is 88.9 cm³/mol. The van der Waals surface area contributed by atoms with Crippen molar-refractivity contribution in [3.63, 3.8) is 0 Å². The second-order valence-electron chi connectivity index (χ2n) is 6.17. The predicted octanol–water partition coefficient (Wildman–Crippen LogP) is 3.47. The molecule has 0 saturated carbocycles. The van der Waals surface area contributed by atoms with Crippen molar-refractivity contribution in [3.05, 3.63) is 29.3 Å². The number of benzene rings is 1. The fraction of sp³-hybridized carbons (Fsp3) is 0.588. The van der Waals surface area contributed by atoms with Crippen molar-refractivity contribution in [2.24, 2.45) is 0 Å². The number of aliphatic hydroxyl groups is 1. The first-order valence-corrected chi connectivity index (χ1v) is 8.79. The third-order valence-electron chi connectivity index (χ3n) is 4.37. The van der Waals surface area contributed by atoms with Gasteiger partial charge in [0, 0.05) is 13.0 Å². The number of aromatic nitrogens is 1. The lowest BCUT2D eigenvalue weighted by molar-refractivity contribution is 0.0257. The summed E-state index contributed by atoms with van der Waals surface area (Å²) in [6.45, 7) is 5.50. The van der Waals surface area contributed by atoms with E-state index in [9.17, 15) is 5.11 Å². The van der Waals surface area contributed by atoms with Gasteiger partial charge < -0.3 is 10.0 Å². The summed E-state index contributed by atoms with van der Waals surface area (Å²) >= 11 is 1.72. The van der Waals surface area contributed by atoms with Gasteiger partial charge in [-0.3, -0.25) is 0 Å². The Morgan fingerprint density at radius 1 is 1.29 bits per heavy atom. The van der Waals surface area contributed by atoms with E-state index in [0.717, 1.165) is 49.4 Å². The molecule has 1 aromatic carbocycles. The van der Waals surface area contributed by atoms with Crippen LogP contribution in [0.15, 0.2) is 24.3 Å². The van der Waals surface area contributed by atoms with Crippen molar-refractivity contribution in [3.8, 4) is 0 Å². The quantitative estimate of drug-likeness (QED) is 0.939. The minimum absolute atomic E-state index is 0.573. The highest BCUT2D eigenvalue weighted by atomic mass is 32.1. The van der Waals surface area contributed by atoms with Gasteiger partial charge in [-0.2, -0.15) is 0 Å². The van der Waals surface area contributed by atoms with E-state index >= 15 is 0 Å². The van der Waals surface area contributed by atoms with Crippen LogP contribution in [0.2, 0.25) is 0 Å². The number of hydrogen-bond donors (Lipinski definition) is 1. The molecule has 21 heavy (non-hydrogen) atoms. The Morgan fingerprint density at radius 3 is 2.95 bits per heavy atom. The maximum Gasteiger partial charge on any atom is 0.0967 e. The highest BCUT2D eigenvalue weighted by Gasteiger charge is 2.31. The van der Waals surface area contributed by atoms with Crippen molar-refractivity contribution in [1.82, 2.24) is 9.88 Å². The molecule has 4 heteroatoms. The zero-order valence-electron chi connectivity index (χ0n) is 12.7. The van der Waals surface area contributed by atoms with E-state index < -0.39 is 5.60 Å². The molecule has 1 N–H and O–H groups in total. The first kappa shape index (κ1) is 14.9. The van der Waals surface area contributed by atoms with Gasteiger partial charge in [-0.15, -0.1) is 11.3 Å². The molecule has 1 aromatic heterocycles. The normalized spacial score (nSPS) is 24.3. The molecule has 1 fully saturated rings. The highest BCUT2D eigenvalue weighted by molar-refractivity contribution is 7.18. The Bertz CT molecular complexity index is 564. The van der Waals surface area contributed by atoms with Crippen LogP contribution in [0.3, 0.4) is 0 Å². The number of likely N-dealkylation sites (tertiary alicyclic amines) is 1. The van der Waals surface area contributed by atoms with Gasteiger partial charge >= 0.3 is 0 Å². The van der Waals surface area contributed by atoms with Gasteiger partial charge in [0.1, 0.15) is 0 Å². The van der Waals surface area contributed by atoms with E-state index in [1.807, 2.05) is 12.1 Å². The van der Waals surface area contributed by atoms with Gasteiger partial charge in [0.05, 0.1) is 20.8 Å². The summed E-state index contributed by atoms with van der Waals surface area (Å²) in [5.74, 6) is 0.